The monoisotopic (exact) mass is 216 g/mol. The maximum atomic E-state index is 10.8. The minimum Gasteiger partial charge on any atom is -0.478 e. The number of anilines is 2. The lowest BCUT2D eigenvalue weighted by Gasteiger charge is -2.06. The lowest BCUT2D eigenvalue weighted by Crippen LogP contribution is -1.97. The van der Waals surface area contributed by atoms with E-state index in [1.807, 2.05) is 25.3 Å². The summed E-state index contributed by atoms with van der Waals surface area (Å²) in [6.45, 7) is 1.95. The topological polar surface area (TPSA) is 65.1 Å². The van der Waals surface area contributed by atoms with Crippen LogP contribution >= 0.6 is 0 Å². The molecule has 0 radical (unpaired) electrons. The van der Waals surface area contributed by atoms with Crippen molar-refractivity contribution >= 4 is 17.3 Å². The minimum absolute atomic E-state index is 0.276. The van der Waals surface area contributed by atoms with E-state index in [4.69, 9.17) is 5.11 Å². The van der Waals surface area contributed by atoms with Crippen LogP contribution in [-0.4, -0.2) is 16.1 Å². The summed E-state index contributed by atoms with van der Waals surface area (Å²) in [6, 6.07) is 8.63. The zero-order chi connectivity index (χ0) is 11.5. The van der Waals surface area contributed by atoms with Gasteiger partial charge in [-0.05, 0) is 31.2 Å². The van der Waals surface area contributed by atoms with Gasteiger partial charge in [0.2, 0.25) is 0 Å². The average molecular weight is 216 g/mol. The van der Waals surface area contributed by atoms with Gasteiger partial charge in [0, 0.05) is 17.6 Å². The van der Waals surface area contributed by atoms with E-state index in [-0.39, 0.29) is 5.56 Å². The third-order valence-corrected chi connectivity index (χ3v) is 2.34. The van der Waals surface area contributed by atoms with Gasteiger partial charge in [0.15, 0.2) is 0 Å². The molecule has 4 nitrogen and oxygen atoms in total. The number of aromatic nitrogens is 1. The van der Waals surface area contributed by atoms with Crippen LogP contribution in [0.25, 0.3) is 0 Å². The van der Waals surface area contributed by atoms with Crippen molar-refractivity contribution in [1.82, 2.24) is 4.98 Å². The van der Waals surface area contributed by atoms with Crippen LogP contribution in [0.5, 0.6) is 0 Å². The molecule has 0 aliphatic heterocycles. The van der Waals surface area contributed by atoms with Crippen molar-refractivity contribution in [2.45, 2.75) is 6.92 Å². The molecule has 2 rings (SSSR count). The Labute approximate surface area is 92.9 Å². The van der Waals surface area contributed by atoms with Gasteiger partial charge >= 0.3 is 5.97 Å². The fourth-order valence-electron chi connectivity index (χ4n) is 1.47. The van der Waals surface area contributed by atoms with E-state index >= 15 is 0 Å². The molecule has 0 aliphatic rings. The summed E-state index contributed by atoms with van der Waals surface area (Å²) in [7, 11) is 0. The molecule has 0 bridgehead atoms. The van der Waals surface area contributed by atoms with E-state index in [0.29, 0.717) is 0 Å². The molecule has 1 heterocycles. The van der Waals surface area contributed by atoms with E-state index in [2.05, 4.69) is 10.3 Å². The number of H-pyrrole nitrogens is 1. The number of carbonyl (C=O) groups is 1. The minimum atomic E-state index is -0.922. The smallest absolute Gasteiger partial charge is 0.335 e. The number of nitrogens with one attached hydrogen (secondary N) is 2. The average Bonchev–Trinajstić information content (AvgIpc) is 2.65. The number of rotatable bonds is 3. The molecule has 4 heteroatoms. The number of aryl methyl sites for hydroxylation is 1. The molecule has 2 aromatic rings. The van der Waals surface area contributed by atoms with Crippen molar-refractivity contribution in [1.29, 1.82) is 0 Å². The fraction of sp³-hybridized carbons (Fsp3) is 0.0833. The molecule has 0 amide bonds. The molecule has 16 heavy (non-hydrogen) atoms. The second kappa shape index (κ2) is 4.10. The van der Waals surface area contributed by atoms with Crippen molar-refractivity contribution in [3.05, 3.63) is 47.8 Å². The van der Waals surface area contributed by atoms with Gasteiger partial charge in [-0.3, -0.25) is 0 Å². The first kappa shape index (κ1) is 10.3. The van der Waals surface area contributed by atoms with Gasteiger partial charge in [0.1, 0.15) is 0 Å². The van der Waals surface area contributed by atoms with Gasteiger partial charge in [-0.2, -0.15) is 0 Å². The molecule has 0 atom stereocenters. The highest BCUT2D eigenvalue weighted by Crippen LogP contribution is 2.20. The first-order chi connectivity index (χ1) is 7.66. The van der Waals surface area contributed by atoms with Gasteiger partial charge in [-0.25, -0.2) is 4.79 Å². The van der Waals surface area contributed by atoms with Crippen LogP contribution in [-0.2, 0) is 0 Å². The van der Waals surface area contributed by atoms with Gasteiger partial charge in [0.05, 0.1) is 11.3 Å². The lowest BCUT2D eigenvalue weighted by molar-refractivity contribution is 0.0697. The molecule has 0 saturated heterocycles. The van der Waals surface area contributed by atoms with Crippen LogP contribution in [0.15, 0.2) is 36.5 Å². The standard InChI is InChI=1S/C12H12N2O2/c1-8-11(5-6-13-8)14-10-4-2-3-9(7-10)12(15)16/h2-7,13-14H,1H3,(H,15,16). The normalized spacial score (nSPS) is 10.1. The SMILES string of the molecule is Cc1[nH]ccc1Nc1cccc(C(=O)O)c1. The summed E-state index contributed by atoms with van der Waals surface area (Å²) in [6.07, 6.45) is 1.83. The number of benzene rings is 1. The summed E-state index contributed by atoms with van der Waals surface area (Å²) in [5.41, 5.74) is 3.00. The van der Waals surface area contributed by atoms with Crippen molar-refractivity contribution in [3.63, 3.8) is 0 Å². The van der Waals surface area contributed by atoms with Crippen LogP contribution in [0.3, 0.4) is 0 Å². The largest absolute Gasteiger partial charge is 0.478 e. The van der Waals surface area contributed by atoms with Crippen molar-refractivity contribution in [2.24, 2.45) is 0 Å². The molecular weight excluding hydrogens is 204 g/mol. The number of aromatic carboxylic acids is 1. The molecule has 0 aliphatic carbocycles. The van der Waals surface area contributed by atoms with Crippen LogP contribution in [0, 0.1) is 6.92 Å². The maximum absolute atomic E-state index is 10.8. The zero-order valence-corrected chi connectivity index (χ0v) is 8.82. The molecular formula is C12H12N2O2. The Kier molecular flexibility index (Phi) is 2.64. The highest BCUT2D eigenvalue weighted by molar-refractivity contribution is 5.89. The second-order valence-corrected chi connectivity index (χ2v) is 3.53. The van der Waals surface area contributed by atoms with Crippen LogP contribution in [0.4, 0.5) is 11.4 Å². The fourth-order valence-corrected chi connectivity index (χ4v) is 1.47. The predicted molar refractivity (Wildman–Crippen MR) is 62.2 cm³/mol. The molecule has 1 aromatic carbocycles. The summed E-state index contributed by atoms with van der Waals surface area (Å²) < 4.78 is 0. The predicted octanol–water partition coefficient (Wildman–Crippen LogP) is 2.76. The maximum Gasteiger partial charge on any atom is 0.335 e. The highest BCUT2D eigenvalue weighted by Gasteiger charge is 2.04. The lowest BCUT2D eigenvalue weighted by atomic mass is 10.2. The Hall–Kier alpha value is -2.23. The number of hydrogen-bond acceptors (Lipinski definition) is 2. The van der Waals surface area contributed by atoms with Crippen molar-refractivity contribution in [3.8, 4) is 0 Å². The Bertz CT molecular complexity index is 517. The Morgan fingerprint density at radius 2 is 2.19 bits per heavy atom. The Morgan fingerprint density at radius 1 is 1.38 bits per heavy atom. The number of carboxylic acid groups (broad SMARTS) is 1. The van der Waals surface area contributed by atoms with Gasteiger partial charge in [-0.15, -0.1) is 0 Å². The summed E-state index contributed by atoms with van der Waals surface area (Å²) in [5.74, 6) is -0.922. The zero-order valence-electron chi connectivity index (χ0n) is 8.82. The van der Waals surface area contributed by atoms with Crippen LogP contribution < -0.4 is 5.32 Å². The summed E-state index contributed by atoms with van der Waals surface area (Å²) >= 11 is 0. The molecule has 3 N–H and O–H groups in total. The molecule has 0 saturated carbocycles. The van der Waals surface area contributed by atoms with E-state index < -0.39 is 5.97 Å². The molecule has 1 aromatic heterocycles. The molecule has 0 spiro atoms. The number of hydrogen-bond donors (Lipinski definition) is 3. The quantitative estimate of drug-likeness (QED) is 0.739. The Morgan fingerprint density at radius 3 is 2.81 bits per heavy atom. The van der Waals surface area contributed by atoms with E-state index in [1.54, 1.807) is 18.2 Å². The number of carboxylic acids is 1. The van der Waals surface area contributed by atoms with Crippen molar-refractivity contribution < 1.29 is 9.90 Å². The van der Waals surface area contributed by atoms with E-state index in [1.165, 1.54) is 0 Å². The van der Waals surface area contributed by atoms with E-state index in [0.717, 1.165) is 17.1 Å². The van der Waals surface area contributed by atoms with Crippen molar-refractivity contribution in [2.75, 3.05) is 5.32 Å². The first-order valence-corrected chi connectivity index (χ1v) is 4.91. The third-order valence-electron chi connectivity index (χ3n) is 2.34. The molecule has 82 valence electrons. The first-order valence-electron chi connectivity index (χ1n) is 4.91. The number of aromatic amines is 1. The third kappa shape index (κ3) is 2.06. The summed E-state index contributed by atoms with van der Waals surface area (Å²) in [4.78, 5) is 13.8. The molecule has 0 unspecified atom stereocenters. The van der Waals surface area contributed by atoms with Gasteiger partial charge in [0.25, 0.3) is 0 Å². The van der Waals surface area contributed by atoms with Crippen LogP contribution in [0.2, 0.25) is 0 Å². The van der Waals surface area contributed by atoms with E-state index in [9.17, 15) is 4.79 Å². The second-order valence-electron chi connectivity index (χ2n) is 3.53. The van der Waals surface area contributed by atoms with Gasteiger partial charge in [-0.1, -0.05) is 6.07 Å². The highest BCUT2D eigenvalue weighted by atomic mass is 16.4. The van der Waals surface area contributed by atoms with Gasteiger partial charge < -0.3 is 15.4 Å². The molecule has 0 fully saturated rings. The van der Waals surface area contributed by atoms with Crippen LogP contribution in [0.1, 0.15) is 16.1 Å². The Balaban J connectivity index is 2.25. The summed E-state index contributed by atoms with van der Waals surface area (Å²) in [5, 5.41) is 12.0.